The average Bonchev–Trinajstić information content (AvgIpc) is 2.57. The zero-order chi connectivity index (χ0) is 12.6. The fourth-order valence-electron chi connectivity index (χ4n) is 1.71. The summed E-state index contributed by atoms with van der Waals surface area (Å²) in [5.41, 5.74) is -1.16. The van der Waals surface area contributed by atoms with E-state index in [1.54, 1.807) is 0 Å². The minimum Gasteiger partial charge on any atom is -0.394 e. The molecule has 1 aliphatic heterocycles. The summed E-state index contributed by atoms with van der Waals surface area (Å²) in [5.74, 6) is 0. The third-order valence-electron chi connectivity index (χ3n) is 2.59. The first kappa shape index (κ1) is 12.7. The molecule has 4 atom stereocenters. The van der Waals surface area contributed by atoms with Gasteiger partial charge in [-0.15, -0.1) is 0 Å². The molecule has 7 nitrogen and oxygen atoms in total. The highest BCUT2D eigenvalue weighted by atomic mass is 127. The zero-order valence-corrected chi connectivity index (χ0v) is 10.8. The molecular formula is C9H11IN2O5. The molecule has 2 rings (SSSR count). The smallest absolute Gasteiger partial charge is 0.330 e. The lowest BCUT2D eigenvalue weighted by atomic mass is 10.2. The number of hydrogen-bond donors (Lipinski definition) is 3. The highest BCUT2D eigenvalue weighted by molar-refractivity contribution is 14.1. The largest absolute Gasteiger partial charge is 0.394 e. The maximum absolute atomic E-state index is 11.5. The van der Waals surface area contributed by atoms with Crippen molar-refractivity contribution in [3.05, 3.63) is 33.1 Å². The molecule has 2 unspecified atom stereocenters. The second kappa shape index (κ2) is 4.88. The van der Waals surface area contributed by atoms with Crippen molar-refractivity contribution in [3.8, 4) is 0 Å². The van der Waals surface area contributed by atoms with Crippen LogP contribution in [0.5, 0.6) is 0 Å². The molecule has 0 amide bonds. The van der Waals surface area contributed by atoms with Gasteiger partial charge in [0.25, 0.3) is 5.56 Å². The Morgan fingerprint density at radius 3 is 2.76 bits per heavy atom. The molecule has 1 saturated heterocycles. The van der Waals surface area contributed by atoms with Crippen LogP contribution in [0.25, 0.3) is 0 Å². The zero-order valence-electron chi connectivity index (χ0n) is 8.62. The number of nitrogens with zero attached hydrogens (tertiary/aromatic N) is 1. The SMILES string of the molecule is O=c1ccn([C@H]2O[C@@H](CO)C(I)C2O)c(=O)[nH]1. The van der Waals surface area contributed by atoms with Crippen LogP contribution >= 0.6 is 22.6 Å². The highest BCUT2D eigenvalue weighted by Gasteiger charge is 2.43. The molecule has 0 aliphatic carbocycles. The maximum Gasteiger partial charge on any atom is 0.330 e. The number of alkyl halides is 1. The Bertz CT molecular complexity index is 513. The van der Waals surface area contributed by atoms with Crippen LogP contribution in [0.3, 0.4) is 0 Å². The first-order valence-corrected chi connectivity index (χ1v) is 6.19. The predicted octanol–water partition coefficient (Wildman–Crippen LogP) is -1.41. The van der Waals surface area contributed by atoms with Gasteiger partial charge in [-0.3, -0.25) is 14.3 Å². The molecule has 2 heterocycles. The van der Waals surface area contributed by atoms with E-state index < -0.39 is 29.7 Å². The van der Waals surface area contributed by atoms with E-state index in [0.29, 0.717) is 0 Å². The molecule has 0 spiro atoms. The monoisotopic (exact) mass is 354 g/mol. The number of H-pyrrole nitrogens is 1. The van der Waals surface area contributed by atoms with Crippen LogP contribution in [-0.2, 0) is 4.74 Å². The molecule has 8 heteroatoms. The Balaban J connectivity index is 2.35. The number of rotatable bonds is 2. The van der Waals surface area contributed by atoms with Crippen molar-refractivity contribution < 1.29 is 14.9 Å². The Hall–Kier alpha value is -0.710. The number of ether oxygens (including phenoxy) is 1. The molecule has 0 radical (unpaired) electrons. The highest BCUT2D eigenvalue weighted by Crippen LogP contribution is 2.32. The van der Waals surface area contributed by atoms with Crippen molar-refractivity contribution in [2.45, 2.75) is 22.4 Å². The summed E-state index contributed by atoms with van der Waals surface area (Å²) in [7, 11) is 0. The molecule has 1 aromatic rings. The summed E-state index contributed by atoms with van der Waals surface area (Å²) in [6.45, 7) is -0.237. The van der Waals surface area contributed by atoms with Gasteiger partial charge < -0.3 is 14.9 Å². The Morgan fingerprint density at radius 2 is 2.24 bits per heavy atom. The summed E-state index contributed by atoms with van der Waals surface area (Å²) in [6, 6.07) is 1.17. The normalized spacial score (nSPS) is 32.9. The van der Waals surface area contributed by atoms with E-state index in [4.69, 9.17) is 9.84 Å². The Labute approximate surface area is 109 Å². The summed E-state index contributed by atoms with van der Waals surface area (Å²) >= 11 is 1.96. The lowest BCUT2D eigenvalue weighted by Crippen LogP contribution is -2.36. The average molecular weight is 354 g/mol. The topological polar surface area (TPSA) is 105 Å². The van der Waals surface area contributed by atoms with Crippen LogP contribution in [0.2, 0.25) is 0 Å². The van der Waals surface area contributed by atoms with E-state index in [-0.39, 0.29) is 10.5 Å². The molecule has 94 valence electrons. The van der Waals surface area contributed by atoms with E-state index in [2.05, 4.69) is 4.98 Å². The summed E-state index contributed by atoms with van der Waals surface area (Å²) in [6.07, 6.45) is -1.08. The first-order chi connectivity index (χ1) is 8.04. The first-order valence-electron chi connectivity index (χ1n) is 4.94. The van der Waals surface area contributed by atoms with Crippen LogP contribution in [0.4, 0.5) is 0 Å². The van der Waals surface area contributed by atoms with Gasteiger partial charge in [0.1, 0.15) is 6.10 Å². The maximum atomic E-state index is 11.5. The third kappa shape index (κ3) is 2.30. The van der Waals surface area contributed by atoms with Crippen LogP contribution in [0.1, 0.15) is 6.23 Å². The van der Waals surface area contributed by atoms with Gasteiger partial charge in [0.2, 0.25) is 0 Å². The van der Waals surface area contributed by atoms with Crippen molar-refractivity contribution >= 4 is 22.6 Å². The van der Waals surface area contributed by atoms with Crippen molar-refractivity contribution in [2.75, 3.05) is 6.61 Å². The predicted molar refractivity (Wildman–Crippen MR) is 66.1 cm³/mol. The fourth-order valence-corrected chi connectivity index (χ4v) is 2.47. The molecule has 1 aliphatic rings. The van der Waals surface area contributed by atoms with Crippen LogP contribution in [0.15, 0.2) is 21.9 Å². The molecule has 1 aromatic heterocycles. The molecule has 0 saturated carbocycles. The second-order valence-electron chi connectivity index (χ2n) is 3.70. The third-order valence-corrected chi connectivity index (χ3v) is 4.13. The standard InChI is InChI=1S/C9H11IN2O5/c10-6-4(3-13)17-8(7(6)15)12-2-1-5(14)11-9(12)16/h1-2,4,6-8,13,15H,3H2,(H,11,14,16)/t4-,6?,7?,8-/m0/s1. The van der Waals surface area contributed by atoms with Gasteiger partial charge in [-0.25, -0.2) is 4.79 Å². The minimum absolute atomic E-state index is 0.237. The van der Waals surface area contributed by atoms with E-state index >= 15 is 0 Å². The van der Waals surface area contributed by atoms with E-state index in [1.165, 1.54) is 12.3 Å². The van der Waals surface area contributed by atoms with Gasteiger partial charge in [-0.2, -0.15) is 0 Å². The van der Waals surface area contributed by atoms with E-state index in [9.17, 15) is 14.7 Å². The summed E-state index contributed by atoms with van der Waals surface area (Å²) in [4.78, 5) is 24.5. The fraction of sp³-hybridized carbons (Fsp3) is 0.556. The summed E-state index contributed by atoms with van der Waals surface area (Å²) in [5, 5.41) is 19.0. The van der Waals surface area contributed by atoms with Gasteiger partial charge >= 0.3 is 5.69 Å². The van der Waals surface area contributed by atoms with Gasteiger partial charge in [0.05, 0.1) is 16.6 Å². The van der Waals surface area contributed by atoms with Gasteiger partial charge in [-0.1, -0.05) is 22.6 Å². The Kier molecular flexibility index (Phi) is 3.66. The molecular weight excluding hydrogens is 343 g/mol. The summed E-state index contributed by atoms with van der Waals surface area (Å²) < 4.78 is 6.16. The van der Waals surface area contributed by atoms with Crippen LogP contribution in [-0.4, -0.2) is 42.5 Å². The number of aromatic nitrogens is 2. The number of nitrogens with one attached hydrogen (secondary N) is 1. The number of aliphatic hydroxyl groups excluding tert-OH is 2. The van der Waals surface area contributed by atoms with Crippen molar-refractivity contribution in [3.63, 3.8) is 0 Å². The van der Waals surface area contributed by atoms with Gasteiger partial charge in [-0.05, 0) is 0 Å². The number of aliphatic hydroxyl groups is 2. The lowest BCUT2D eigenvalue weighted by Gasteiger charge is -2.16. The molecule has 3 N–H and O–H groups in total. The minimum atomic E-state index is -0.920. The van der Waals surface area contributed by atoms with Crippen molar-refractivity contribution in [2.24, 2.45) is 0 Å². The molecule has 0 aromatic carbocycles. The van der Waals surface area contributed by atoms with E-state index in [1.807, 2.05) is 22.6 Å². The quantitative estimate of drug-likeness (QED) is 0.447. The molecule has 1 fully saturated rings. The molecule has 17 heavy (non-hydrogen) atoms. The lowest BCUT2D eigenvalue weighted by molar-refractivity contribution is -0.0529. The number of aromatic amines is 1. The van der Waals surface area contributed by atoms with Gasteiger partial charge in [0.15, 0.2) is 6.23 Å². The van der Waals surface area contributed by atoms with Crippen molar-refractivity contribution in [1.82, 2.24) is 9.55 Å². The second-order valence-corrected chi connectivity index (χ2v) is 5.14. The van der Waals surface area contributed by atoms with Crippen LogP contribution < -0.4 is 11.2 Å². The van der Waals surface area contributed by atoms with E-state index in [0.717, 1.165) is 4.57 Å². The molecule has 0 bridgehead atoms. The van der Waals surface area contributed by atoms with Crippen LogP contribution in [0, 0.1) is 0 Å². The number of halogens is 1. The number of hydrogen-bond acceptors (Lipinski definition) is 5. The Morgan fingerprint density at radius 1 is 1.53 bits per heavy atom. The van der Waals surface area contributed by atoms with Crippen molar-refractivity contribution in [1.29, 1.82) is 0 Å². The van der Waals surface area contributed by atoms with Gasteiger partial charge in [0, 0.05) is 12.3 Å².